The third-order valence-electron chi connectivity index (χ3n) is 5.04. The van der Waals surface area contributed by atoms with Crippen LogP contribution in [0, 0.1) is 0 Å². The van der Waals surface area contributed by atoms with Crippen molar-refractivity contribution in [3.8, 4) is 0 Å². The number of halogens is 1. The molecule has 0 aromatic heterocycles. The lowest BCUT2D eigenvalue weighted by molar-refractivity contribution is -0.923. The molecule has 17 heavy (non-hydrogen) atoms. The Bertz CT molecular complexity index is 189. The minimum Gasteiger partial charge on any atom is -1.00 e. The molecule has 1 saturated carbocycles. The Morgan fingerprint density at radius 3 is 1.53 bits per heavy atom. The quantitative estimate of drug-likeness (QED) is 0.491. The zero-order chi connectivity index (χ0) is 11.3. The van der Waals surface area contributed by atoms with Gasteiger partial charge in [-0.3, -0.25) is 0 Å². The molecule has 0 atom stereocenters. The zero-order valence-corrected chi connectivity index (χ0v) is 13.8. The standard InChI is InChI=1S/C15H30N.HI/c1-16(13-9-10-14-16)15-11-7-5-3-2-4-6-8-12-15;/h15H,2-14H2,1H3;1H/q+1;/p-1. The van der Waals surface area contributed by atoms with Crippen molar-refractivity contribution in [3.05, 3.63) is 0 Å². The van der Waals surface area contributed by atoms with Crippen LogP contribution in [0.4, 0.5) is 0 Å². The summed E-state index contributed by atoms with van der Waals surface area (Å²) in [5.41, 5.74) is 0. The maximum atomic E-state index is 2.53. The van der Waals surface area contributed by atoms with Gasteiger partial charge in [0.1, 0.15) is 0 Å². The van der Waals surface area contributed by atoms with Crippen molar-refractivity contribution in [1.29, 1.82) is 0 Å². The van der Waals surface area contributed by atoms with E-state index in [1.54, 1.807) is 0 Å². The fourth-order valence-electron chi connectivity index (χ4n) is 3.83. The van der Waals surface area contributed by atoms with Crippen molar-refractivity contribution in [1.82, 2.24) is 0 Å². The largest absolute Gasteiger partial charge is 1.00 e. The number of nitrogens with zero attached hydrogens (tertiary/aromatic N) is 1. The lowest BCUT2D eigenvalue weighted by atomic mass is 9.95. The van der Waals surface area contributed by atoms with Gasteiger partial charge in [0.25, 0.3) is 0 Å². The highest BCUT2D eigenvalue weighted by molar-refractivity contribution is 4.66. The van der Waals surface area contributed by atoms with Gasteiger partial charge in [-0.15, -0.1) is 0 Å². The van der Waals surface area contributed by atoms with Crippen LogP contribution < -0.4 is 24.0 Å². The second kappa shape index (κ2) is 7.98. The van der Waals surface area contributed by atoms with Gasteiger partial charge in [0.05, 0.1) is 26.2 Å². The van der Waals surface area contributed by atoms with Crippen LogP contribution in [0.5, 0.6) is 0 Å². The molecule has 102 valence electrons. The van der Waals surface area contributed by atoms with Crippen LogP contribution >= 0.6 is 0 Å². The third kappa shape index (κ3) is 4.70. The summed E-state index contributed by atoms with van der Waals surface area (Å²) in [7, 11) is 2.53. The molecule has 1 nitrogen and oxygen atoms in total. The summed E-state index contributed by atoms with van der Waals surface area (Å²) in [5, 5.41) is 0. The molecule has 2 rings (SSSR count). The fraction of sp³-hybridized carbons (Fsp3) is 1.00. The molecule has 0 spiro atoms. The van der Waals surface area contributed by atoms with E-state index in [1.807, 2.05) is 0 Å². The van der Waals surface area contributed by atoms with Gasteiger partial charge < -0.3 is 28.5 Å². The van der Waals surface area contributed by atoms with Crippen molar-refractivity contribution in [2.24, 2.45) is 0 Å². The van der Waals surface area contributed by atoms with Crippen molar-refractivity contribution < 1.29 is 28.5 Å². The van der Waals surface area contributed by atoms with Gasteiger partial charge in [-0.05, 0) is 25.7 Å². The van der Waals surface area contributed by atoms with Crippen LogP contribution in [-0.4, -0.2) is 30.7 Å². The van der Waals surface area contributed by atoms with E-state index in [2.05, 4.69) is 7.05 Å². The highest BCUT2D eigenvalue weighted by Crippen LogP contribution is 2.29. The number of rotatable bonds is 1. The fourth-order valence-corrected chi connectivity index (χ4v) is 3.83. The van der Waals surface area contributed by atoms with Crippen LogP contribution in [0.3, 0.4) is 0 Å². The first-order chi connectivity index (χ1) is 7.81. The van der Waals surface area contributed by atoms with Crippen molar-refractivity contribution >= 4 is 0 Å². The predicted molar refractivity (Wildman–Crippen MR) is 70.5 cm³/mol. The van der Waals surface area contributed by atoms with Gasteiger partial charge in [-0.25, -0.2) is 0 Å². The maximum Gasteiger partial charge on any atom is 0.0888 e. The van der Waals surface area contributed by atoms with Crippen LogP contribution in [0.2, 0.25) is 0 Å². The topological polar surface area (TPSA) is 0 Å². The molecule has 1 aliphatic carbocycles. The lowest BCUT2D eigenvalue weighted by Gasteiger charge is -2.38. The smallest absolute Gasteiger partial charge is 0.0888 e. The molecule has 2 heteroatoms. The van der Waals surface area contributed by atoms with Gasteiger partial charge >= 0.3 is 0 Å². The SMILES string of the molecule is C[N+]1(C2CCCCCCCCC2)CCCC1.[I-]. The third-order valence-corrected chi connectivity index (χ3v) is 5.04. The highest BCUT2D eigenvalue weighted by Gasteiger charge is 2.34. The first kappa shape index (κ1) is 15.7. The molecule has 1 aliphatic heterocycles. The Morgan fingerprint density at radius 1 is 0.647 bits per heavy atom. The van der Waals surface area contributed by atoms with Gasteiger partial charge in [-0.1, -0.05) is 32.1 Å². The average Bonchev–Trinajstić information content (AvgIpc) is 2.74. The Balaban J connectivity index is 0.00000144. The molecule has 0 radical (unpaired) electrons. The van der Waals surface area contributed by atoms with E-state index in [0.717, 1.165) is 6.04 Å². The van der Waals surface area contributed by atoms with Crippen LogP contribution in [0.25, 0.3) is 0 Å². The zero-order valence-electron chi connectivity index (χ0n) is 11.6. The average molecular weight is 351 g/mol. The molecule has 0 amide bonds. The predicted octanol–water partition coefficient (Wildman–Crippen LogP) is 1.12. The molecule has 2 aliphatic rings. The van der Waals surface area contributed by atoms with E-state index >= 15 is 0 Å². The first-order valence-electron chi connectivity index (χ1n) is 7.65. The molecule has 0 unspecified atom stereocenters. The summed E-state index contributed by atoms with van der Waals surface area (Å²) in [6.07, 6.45) is 16.5. The number of quaternary nitrogens is 1. The summed E-state index contributed by atoms with van der Waals surface area (Å²) in [4.78, 5) is 0. The summed E-state index contributed by atoms with van der Waals surface area (Å²) in [6, 6.07) is 1.00. The second-order valence-corrected chi connectivity index (χ2v) is 6.34. The molecule has 1 heterocycles. The summed E-state index contributed by atoms with van der Waals surface area (Å²) in [5.74, 6) is 0. The van der Waals surface area contributed by atoms with Gasteiger partial charge in [0.2, 0.25) is 0 Å². The molecule has 0 aromatic rings. The van der Waals surface area contributed by atoms with E-state index < -0.39 is 0 Å². The molecule has 0 bridgehead atoms. The Kier molecular flexibility index (Phi) is 7.39. The van der Waals surface area contributed by atoms with E-state index in [0.29, 0.717) is 0 Å². The van der Waals surface area contributed by atoms with Gasteiger partial charge in [0, 0.05) is 12.8 Å². The lowest BCUT2D eigenvalue weighted by Crippen LogP contribution is -3.00. The molecular weight excluding hydrogens is 321 g/mol. The van der Waals surface area contributed by atoms with E-state index in [-0.39, 0.29) is 24.0 Å². The van der Waals surface area contributed by atoms with E-state index in [4.69, 9.17) is 0 Å². The number of hydrogen-bond acceptors (Lipinski definition) is 0. The van der Waals surface area contributed by atoms with E-state index in [9.17, 15) is 0 Å². The summed E-state index contributed by atoms with van der Waals surface area (Å²) < 4.78 is 1.42. The van der Waals surface area contributed by atoms with Crippen LogP contribution in [0.1, 0.15) is 70.6 Å². The molecule has 1 saturated heterocycles. The molecule has 2 fully saturated rings. The summed E-state index contributed by atoms with van der Waals surface area (Å²) in [6.45, 7) is 2.93. The highest BCUT2D eigenvalue weighted by atomic mass is 127. The molecule has 0 N–H and O–H groups in total. The molecule has 0 aromatic carbocycles. The first-order valence-corrected chi connectivity index (χ1v) is 7.65. The Hall–Kier alpha value is 0.690. The summed E-state index contributed by atoms with van der Waals surface area (Å²) >= 11 is 0. The van der Waals surface area contributed by atoms with E-state index in [1.165, 1.54) is 88.2 Å². The van der Waals surface area contributed by atoms with Crippen LogP contribution in [-0.2, 0) is 0 Å². The Labute approximate surface area is 125 Å². The maximum absolute atomic E-state index is 2.53. The monoisotopic (exact) mass is 351 g/mol. The minimum atomic E-state index is 0. The minimum absolute atomic E-state index is 0. The van der Waals surface area contributed by atoms with Gasteiger partial charge in [-0.2, -0.15) is 0 Å². The number of likely N-dealkylation sites (tertiary alicyclic amines) is 1. The number of hydrogen-bond donors (Lipinski definition) is 0. The van der Waals surface area contributed by atoms with Crippen molar-refractivity contribution in [2.75, 3.05) is 20.1 Å². The van der Waals surface area contributed by atoms with Gasteiger partial charge in [0.15, 0.2) is 0 Å². The van der Waals surface area contributed by atoms with Crippen molar-refractivity contribution in [3.63, 3.8) is 0 Å². The van der Waals surface area contributed by atoms with Crippen molar-refractivity contribution in [2.45, 2.75) is 76.7 Å². The second-order valence-electron chi connectivity index (χ2n) is 6.34. The van der Waals surface area contributed by atoms with Crippen LogP contribution in [0.15, 0.2) is 0 Å². The molecular formula is C15H30IN. The Morgan fingerprint density at radius 2 is 1.06 bits per heavy atom. The normalized spacial score (nSPS) is 27.4.